The highest BCUT2D eigenvalue weighted by molar-refractivity contribution is 6.31. The van der Waals surface area contributed by atoms with E-state index >= 15 is 0 Å². The van der Waals surface area contributed by atoms with Crippen molar-refractivity contribution in [3.63, 3.8) is 0 Å². The molecule has 3 rings (SSSR count). The molecule has 0 fully saturated rings. The zero-order valence-electron chi connectivity index (χ0n) is 15.5. The second-order valence-corrected chi connectivity index (χ2v) is 6.65. The summed E-state index contributed by atoms with van der Waals surface area (Å²) >= 11 is 6.01. The SMILES string of the molecule is COc1ccc(Cl)cc1NC(=O)C1=C(C)NC(=O)N[C@@H]1c1ccc([N+](=O)[O-])cc1. The van der Waals surface area contributed by atoms with Crippen molar-refractivity contribution < 1.29 is 19.2 Å². The summed E-state index contributed by atoms with van der Waals surface area (Å²) in [6, 6.07) is 9.13. The van der Waals surface area contributed by atoms with Gasteiger partial charge in [0.2, 0.25) is 0 Å². The van der Waals surface area contributed by atoms with Crippen LogP contribution in [0, 0.1) is 10.1 Å². The summed E-state index contributed by atoms with van der Waals surface area (Å²) in [5.74, 6) is -0.0698. The lowest BCUT2D eigenvalue weighted by atomic mass is 9.94. The van der Waals surface area contributed by atoms with E-state index in [-0.39, 0.29) is 11.3 Å². The second kappa shape index (κ2) is 8.19. The molecule has 0 aliphatic carbocycles. The topological polar surface area (TPSA) is 123 Å². The van der Waals surface area contributed by atoms with E-state index in [0.717, 1.165) is 0 Å². The Labute approximate surface area is 170 Å². The first-order valence-corrected chi connectivity index (χ1v) is 8.85. The molecule has 0 saturated carbocycles. The molecule has 150 valence electrons. The van der Waals surface area contributed by atoms with Gasteiger partial charge < -0.3 is 20.7 Å². The number of ether oxygens (including phenoxy) is 1. The van der Waals surface area contributed by atoms with Crippen LogP contribution in [-0.2, 0) is 4.79 Å². The molecule has 3 N–H and O–H groups in total. The fraction of sp³-hybridized carbons (Fsp3) is 0.158. The first-order chi connectivity index (χ1) is 13.8. The highest BCUT2D eigenvalue weighted by Gasteiger charge is 2.31. The third kappa shape index (κ3) is 4.30. The number of nitrogens with one attached hydrogen (secondary N) is 3. The molecule has 9 nitrogen and oxygen atoms in total. The van der Waals surface area contributed by atoms with Crippen LogP contribution in [0.1, 0.15) is 18.5 Å². The van der Waals surface area contributed by atoms with E-state index in [0.29, 0.717) is 27.7 Å². The zero-order chi connectivity index (χ0) is 21.1. The van der Waals surface area contributed by atoms with Crippen LogP contribution in [0.5, 0.6) is 5.75 Å². The van der Waals surface area contributed by atoms with Gasteiger partial charge in [-0.2, -0.15) is 0 Å². The lowest BCUT2D eigenvalue weighted by Crippen LogP contribution is -2.46. The van der Waals surface area contributed by atoms with Gasteiger partial charge in [0.15, 0.2) is 0 Å². The number of halogens is 1. The number of non-ortho nitro benzene ring substituents is 1. The summed E-state index contributed by atoms with van der Waals surface area (Å²) in [7, 11) is 1.46. The Morgan fingerprint density at radius 3 is 2.55 bits per heavy atom. The third-order valence-electron chi connectivity index (χ3n) is 4.36. The minimum absolute atomic E-state index is 0.0932. The van der Waals surface area contributed by atoms with Crippen LogP contribution in [0.4, 0.5) is 16.2 Å². The average Bonchev–Trinajstić information content (AvgIpc) is 2.67. The first kappa shape index (κ1) is 20.2. The summed E-state index contributed by atoms with van der Waals surface area (Å²) in [5, 5.41) is 19.3. The van der Waals surface area contributed by atoms with E-state index in [4.69, 9.17) is 16.3 Å². The average molecular weight is 417 g/mol. The fourth-order valence-electron chi connectivity index (χ4n) is 3.00. The van der Waals surface area contributed by atoms with Crippen molar-refractivity contribution in [3.8, 4) is 5.75 Å². The number of carbonyl (C=O) groups is 2. The molecule has 2 aromatic carbocycles. The highest BCUT2D eigenvalue weighted by atomic mass is 35.5. The van der Waals surface area contributed by atoms with E-state index in [1.165, 1.54) is 31.4 Å². The number of urea groups is 1. The summed E-state index contributed by atoms with van der Waals surface area (Å²) in [6.45, 7) is 1.60. The number of rotatable bonds is 5. The molecule has 0 spiro atoms. The lowest BCUT2D eigenvalue weighted by Gasteiger charge is -2.28. The van der Waals surface area contributed by atoms with E-state index in [1.54, 1.807) is 25.1 Å². The number of amides is 3. The van der Waals surface area contributed by atoms with Gasteiger partial charge in [-0.3, -0.25) is 14.9 Å². The van der Waals surface area contributed by atoms with Gasteiger partial charge in [0.1, 0.15) is 5.75 Å². The number of nitrogens with zero attached hydrogens (tertiary/aromatic N) is 1. The van der Waals surface area contributed by atoms with Crippen molar-refractivity contribution in [2.75, 3.05) is 12.4 Å². The Kier molecular flexibility index (Phi) is 5.69. The first-order valence-electron chi connectivity index (χ1n) is 8.47. The van der Waals surface area contributed by atoms with Crippen LogP contribution in [0.15, 0.2) is 53.7 Å². The molecule has 1 aliphatic rings. The number of methoxy groups -OCH3 is 1. The molecule has 1 heterocycles. The Bertz CT molecular complexity index is 1020. The number of benzene rings is 2. The van der Waals surface area contributed by atoms with Crippen LogP contribution in [0.25, 0.3) is 0 Å². The fourth-order valence-corrected chi connectivity index (χ4v) is 3.17. The molecule has 2 aromatic rings. The van der Waals surface area contributed by atoms with Gasteiger partial charge in [-0.25, -0.2) is 4.79 Å². The van der Waals surface area contributed by atoms with E-state index < -0.39 is 22.9 Å². The minimum atomic E-state index is -0.797. The predicted molar refractivity (Wildman–Crippen MR) is 107 cm³/mol. The van der Waals surface area contributed by atoms with E-state index in [1.807, 2.05) is 0 Å². The number of hydrogen-bond acceptors (Lipinski definition) is 5. The van der Waals surface area contributed by atoms with Crippen molar-refractivity contribution in [2.24, 2.45) is 0 Å². The zero-order valence-corrected chi connectivity index (χ0v) is 16.2. The van der Waals surface area contributed by atoms with Crippen molar-refractivity contribution in [1.29, 1.82) is 0 Å². The number of allylic oxidation sites excluding steroid dienone is 1. The van der Waals surface area contributed by atoms with Crippen molar-refractivity contribution in [2.45, 2.75) is 13.0 Å². The van der Waals surface area contributed by atoms with Crippen LogP contribution in [0.2, 0.25) is 5.02 Å². The maximum Gasteiger partial charge on any atom is 0.319 e. The van der Waals surface area contributed by atoms with Gasteiger partial charge in [-0.05, 0) is 42.8 Å². The van der Waals surface area contributed by atoms with Gasteiger partial charge in [-0.1, -0.05) is 11.6 Å². The summed E-state index contributed by atoms with van der Waals surface area (Å²) in [5.41, 5.74) is 1.40. The quantitative estimate of drug-likeness (QED) is 0.508. The largest absolute Gasteiger partial charge is 0.495 e. The maximum absolute atomic E-state index is 13.1. The third-order valence-corrected chi connectivity index (χ3v) is 4.60. The van der Waals surface area contributed by atoms with Gasteiger partial charge in [0.05, 0.1) is 29.3 Å². The van der Waals surface area contributed by atoms with Gasteiger partial charge in [-0.15, -0.1) is 0 Å². The molecule has 1 atom stereocenters. The molecule has 29 heavy (non-hydrogen) atoms. The van der Waals surface area contributed by atoms with Gasteiger partial charge in [0.25, 0.3) is 11.6 Å². The molecular formula is C19H17ClN4O5. The molecule has 0 bridgehead atoms. The standard InChI is InChI=1S/C19H17ClN4O5/c1-10-16(18(25)22-14-9-12(20)5-8-15(14)29-2)17(23-19(26)21-10)11-3-6-13(7-4-11)24(27)28/h3-9,17H,1-2H3,(H,22,25)(H2,21,23,26)/t17-/m1/s1. The molecule has 0 aromatic heterocycles. The number of hydrogen-bond donors (Lipinski definition) is 3. The smallest absolute Gasteiger partial charge is 0.319 e. The normalized spacial score (nSPS) is 16.0. The van der Waals surface area contributed by atoms with E-state index in [2.05, 4.69) is 16.0 Å². The Morgan fingerprint density at radius 1 is 1.24 bits per heavy atom. The number of anilines is 1. The lowest BCUT2D eigenvalue weighted by molar-refractivity contribution is -0.384. The van der Waals surface area contributed by atoms with Crippen molar-refractivity contribution in [1.82, 2.24) is 10.6 Å². The van der Waals surface area contributed by atoms with Crippen LogP contribution >= 0.6 is 11.6 Å². The summed E-state index contributed by atoms with van der Waals surface area (Å²) < 4.78 is 5.24. The second-order valence-electron chi connectivity index (χ2n) is 6.22. The monoisotopic (exact) mass is 416 g/mol. The predicted octanol–water partition coefficient (Wildman–Crippen LogP) is 3.52. The van der Waals surface area contributed by atoms with Crippen LogP contribution < -0.4 is 20.7 Å². The molecular weight excluding hydrogens is 400 g/mol. The van der Waals surface area contributed by atoms with Crippen molar-refractivity contribution in [3.05, 3.63) is 74.4 Å². The van der Waals surface area contributed by atoms with E-state index in [9.17, 15) is 19.7 Å². The summed E-state index contributed by atoms with van der Waals surface area (Å²) in [6.07, 6.45) is 0. The molecule has 0 unspecified atom stereocenters. The molecule has 3 amide bonds. The molecule has 0 saturated heterocycles. The van der Waals surface area contributed by atoms with Gasteiger partial charge in [0, 0.05) is 22.9 Å². The van der Waals surface area contributed by atoms with Crippen LogP contribution in [0.3, 0.4) is 0 Å². The number of nitro benzene ring substituents is 1. The Balaban J connectivity index is 1.96. The Morgan fingerprint density at radius 2 is 1.93 bits per heavy atom. The van der Waals surface area contributed by atoms with Crippen molar-refractivity contribution >= 4 is 34.9 Å². The highest BCUT2D eigenvalue weighted by Crippen LogP contribution is 2.32. The van der Waals surface area contributed by atoms with Crippen LogP contribution in [-0.4, -0.2) is 24.0 Å². The number of nitro groups is 1. The number of carbonyl (C=O) groups excluding carboxylic acids is 2. The van der Waals surface area contributed by atoms with Gasteiger partial charge >= 0.3 is 6.03 Å². The Hall–Kier alpha value is -3.59. The summed E-state index contributed by atoms with van der Waals surface area (Å²) in [4.78, 5) is 35.4. The molecule has 10 heteroatoms. The maximum atomic E-state index is 13.1. The molecule has 0 radical (unpaired) electrons. The molecule has 1 aliphatic heterocycles. The minimum Gasteiger partial charge on any atom is -0.495 e.